The van der Waals surface area contributed by atoms with Gasteiger partial charge < -0.3 is 9.73 Å². The average molecular weight is 281 g/mol. The van der Waals surface area contributed by atoms with Gasteiger partial charge in [0.1, 0.15) is 5.76 Å². The van der Waals surface area contributed by atoms with Crippen LogP contribution in [0.5, 0.6) is 0 Å². The first-order valence-corrected chi connectivity index (χ1v) is 7.20. The highest BCUT2D eigenvalue weighted by molar-refractivity contribution is 7.89. The lowest BCUT2D eigenvalue weighted by atomic mass is 10.2. The van der Waals surface area contributed by atoms with E-state index in [0.717, 1.165) is 17.1 Å². The van der Waals surface area contributed by atoms with Crippen molar-refractivity contribution in [2.75, 3.05) is 5.32 Å². The number of rotatable bonds is 4. The summed E-state index contributed by atoms with van der Waals surface area (Å²) >= 11 is 0. The number of aromatic nitrogens is 1. The molecule has 6 nitrogen and oxygen atoms in total. The molecule has 102 valence electrons. The molecule has 7 heteroatoms. The third-order valence-electron chi connectivity index (χ3n) is 2.60. The molecule has 0 radical (unpaired) electrons. The van der Waals surface area contributed by atoms with Crippen molar-refractivity contribution >= 4 is 15.7 Å². The molecule has 3 N–H and O–H groups in total. The van der Waals surface area contributed by atoms with E-state index in [1.165, 1.54) is 6.07 Å². The van der Waals surface area contributed by atoms with E-state index < -0.39 is 10.0 Å². The molecule has 2 aromatic rings. The number of sulfonamides is 1. The lowest BCUT2D eigenvalue weighted by molar-refractivity contribution is 0.419. The number of hydrogen-bond acceptors (Lipinski definition) is 5. The summed E-state index contributed by atoms with van der Waals surface area (Å²) in [5.41, 5.74) is 2.69. The third kappa shape index (κ3) is 3.33. The molecule has 0 unspecified atom stereocenters. The summed E-state index contributed by atoms with van der Waals surface area (Å²) < 4.78 is 27.3. The Morgan fingerprint density at radius 2 is 2.00 bits per heavy atom. The van der Waals surface area contributed by atoms with Gasteiger partial charge in [-0.25, -0.2) is 13.6 Å². The van der Waals surface area contributed by atoms with Gasteiger partial charge in [-0.2, -0.15) is 0 Å². The number of aryl methyl sites for hydroxylation is 2. The minimum absolute atomic E-state index is 0.233. The SMILES string of the molecule is Cc1ccc(NCc2ccc(S(N)(=O)=O)o2)c(C)n1. The van der Waals surface area contributed by atoms with Crippen molar-refractivity contribution in [2.24, 2.45) is 5.14 Å². The van der Waals surface area contributed by atoms with Gasteiger partial charge in [-0.3, -0.25) is 4.98 Å². The number of nitrogens with two attached hydrogens (primary N) is 1. The number of nitrogens with one attached hydrogen (secondary N) is 1. The first kappa shape index (κ1) is 13.6. The van der Waals surface area contributed by atoms with Crippen LogP contribution in [-0.4, -0.2) is 13.4 Å². The molecule has 0 saturated carbocycles. The zero-order chi connectivity index (χ0) is 14.0. The van der Waals surface area contributed by atoms with Crippen molar-refractivity contribution in [3.8, 4) is 0 Å². The van der Waals surface area contributed by atoms with Gasteiger partial charge in [0.2, 0.25) is 5.09 Å². The molecular formula is C12H15N3O3S. The van der Waals surface area contributed by atoms with Gasteiger partial charge in [0.05, 0.1) is 17.9 Å². The highest BCUT2D eigenvalue weighted by Crippen LogP contribution is 2.16. The average Bonchev–Trinajstić information content (AvgIpc) is 2.76. The van der Waals surface area contributed by atoms with Gasteiger partial charge in [-0.05, 0) is 38.1 Å². The summed E-state index contributed by atoms with van der Waals surface area (Å²) in [6, 6.07) is 6.73. The Hall–Kier alpha value is -1.86. The Bertz CT molecular complexity index is 692. The van der Waals surface area contributed by atoms with Crippen molar-refractivity contribution < 1.29 is 12.8 Å². The van der Waals surface area contributed by atoms with Crippen LogP contribution in [0.1, 0.15) is 17.1 Å². The van der Waals surface area contributed by atoms with Crippen molar-refractivity contribution in [3.05, 3.63) is 41.4 Å². The lowest BCUT2D eigenvalue weighted by Gasteiger charge is -2.07. The Morgan fingerprint density at radius 1 is 1.26 bits per heavy atom. The molecule has 0 aliphatic carbocycles. The lowest BCUT2D eigenvalue weighted by Crippen LogP contribution is -2.10. The van der Waals surface area contributed by atoms with E-state index in [4.69, 9.17) is 9.56 Å². The van der Waals surface area contributed by atoms with E-state index in [1.807, 2.05) is 26.0 Å². The maximum Gasteiger partial charge on any atom is 0.271 e. The quantitative estimate of drug-likeness (QED) is 0.886. The van der Waals surface area contributed by atoms with Crippen LogP contribution in [0, 0.1) is 13.8 Å². The Morgan fingerprint density at radius 3 is 2.58 bits per heavy atom. The largest absolute Gasteiger partial charge is 0.446 e. The van der Waals surface area contributed by atoms with Crippen LogP contribution in [0.15, 0.2) is 33.8 Å². The molecule has 19 heavy (non-hydrogen) atoms. The van der Waals surface area contributed by atoms with Gasteiger partial charge in [0, 0.05) is 5.69 Å². The van der Waals surface area contributed by atoms with E-state index in [-0.39, 0.29) is 5.09 Å². The smallest absolute Gasteiger partial charge is 0.271 e. The fourth-order valence-corrected chi connectivity index (χ4v) is 2.14. The fraction of sp³-hybridized carbons (Fsp3) is 0.250. The van der Waals surface area contributed by atoms with Crippen molar-refractivity contribution in [1.82, 2.24) is 4.98 Å². The van der Waals surface area contributed by atoms with Gasteiger partial charge in [0.25, 0.3) is 10.0 Å². The molecule has 0 atom stereocenters. The Balaban J connectivity index is 2.09. The van der Waals surface area contributed by atoms with E-state index in [9.17, 15) is 8.42 Å². The highest BCUT2D eigenvalue weighted by Gasteiger charge is 2.13. The second-order valence-corrected chi connectivity index (χ2v) is 5.70. The molecule has 0 aliphatic heterocycles. The Kier molecular flexibility index (Phi) is 3.59. The second kappa shape index (κ2) is 5.02. The summed E-state index contributed by atoms with van der Waals surface area (Å²) in [7, 11) is -3.79. The van der Waals surface area contributed by atoms with Gasteiger partial charge in [-0.1, -0.05) is 0 Å². The maximum atomic E-state index is 11.1. The molecule has 0 spiro atoms. The summed E-state index contributed by atoms with van der Waals surface area (Å²) in [6.45, 7) is 4.18. The number of hydrogen-bond donors (Lipinski definition) is 2. The molecule has 0 saturated heterocycles. The Labute approximate surface area is 111 Å². The summed E-state index contributed by atoms with van der Waals surface area (Å²) in [5.74, 6) is 0.490. The van der Waals surface area contributed by atoms with E-state index in [1.54, 1.807) is 6.07 Å². The number of primary sulfonamides is 1. The topological polar surface area (TPSA) is 98.2 Å². The van der Waals surface area contributed by atoms with E-state index in [0.29, 0.717) is 12.3 Å². The first-order chi connectivity index (χ1) is 8.86. The highest BCUT2D eigenvalue weighted by atomic mass is 32.2. The van der Waals surface area contributed by atoms with Crippen LogP contribution < -0.4 is 10.5 Å². The summed E-state index contributed by atoms with van der Waals surface area (Å²) in [5, 5.41) is 7.86. The van der Waals surface area contributed by atoms with E-state index >= 15 is 0 Å². The van der Waals surface area contributed by atoms with Gasteiger partial charge >= 0.3 is 0 Å². The molecule has 0 amide bonds. The number of pyridine rings is 1. The third-order valence-corrected chi connectivity index (χ3v) is 3.38. The standard InChI is InChI=1S/C12H15N3O3S/c1-8-3-5-11(9(2)15-8)14-7-10-4-6-12(18-10)19(13,16)17/h3-6,14H,7H2,1-2H3,(H2,13,16,17). The second-order valence-electron chi connectivity index (χ2n) is 4.20. The van der Waals surface area contributed by atoms with Gasteiger partial charge in [0.15, 0.2) is 0 Å². The van der Waals surface area contributed by atoms with Crippen LogP contribution in [0.2, 0.25) is 0 Å². The molecule has 0 bridgehead atoms. The zero-order valence-corrected chi connectivity index (χ0v) is 11.5. The molecule has 2 rings (SSSR count). The van der Waals surface area contributed by atoms with Crippen LogP contribution in [0.4, 0.5) is 5.69 Å². The minimum Gasteiger partial charge on any atom is -0.446 e. The number of nitrogens with zero attached hydrogens (tertiary/aromatic N) is 1. The predicted octanol–water partition coefficient (Wildman–Crippen LogP) is 1.55. The molecular weight excluding hydrogens is 266 g/mol. The fourth-order valence-electron chi connectivity index (χ4n) is 1.66. The zero-order valence-electron chi connectivity index (χ0n) is 10.7. The van der Waals surface area contributed by atoms with Crippen LogP contribution in [0.3, 0.4) is 0 Å². The van der Waals surface area contributed by atoms with Crippen molar-refractivity contribution in [1.29, 1.82) is 0 Å². The molecule has 2 aromatic heterocycles. The van der Waals surface area contributed by atoms with Crippen LogP contribution >= 0.6 is 0 Å². The minimum atomic E-state index is -3.79. The van der Waals surface area contributed by atoms with Gasteiger partial charge in [-0.15, -0.1) is 0 Å². The van der Waals surface area contributed by atoms with Crippen LogP contribution in [-0.2, 0) is 16.6 Å². The number of anilines is 1. The van der Waals surface area contributed by atoms with E-state index in [2.05, 4.69) is 10.3 Å². The predicted molar refractivity (Wildman–Crippen MR) is 71.1 cm³/mol. The molecule has 2 heterocycles. The number of furan rings is 1. The van der Waals surface area contributed by atoms with Crippen molar-refractivity contribution in [3.63, 3.8) is 0 Å². The summed E-state index contributed by atoms with van der Waals surface area (Å²) in [6.07, 6.45) is 0. The summed E-state index contributed by atoms with van der Waals surface area (Å²) in [4.78, 5) is 4.32. The normalized spacial score (nSPS) is 11.5. The van der Waals surface area contributed by atoms with Crippen molar-refractivity contribution in [2.45, 2.75) is 25.5 Å². The molecule has 0 aromatic carbocycles. The molecule has 0 aliphatic rings. The monoisotopic (exact) mass is 281 g/mol. The maximum absolute atomic E-state index is 11.1. The first-order valence-electron chi connectivity index (χ1n) is 5.66. The van der Waals surface area contributed by atoms with Crippen LogP contribution in [0.25, 0.3) is 0 Å². The molecule has 0 fully saturated rings.